The maximum absolute atomic E-state index is 14.1. The fourth-order valence-corrected chi connectivity index (χ4v) is 6.09. The molecule has 0 fully saturated rings. The van der Waals surface area contributed by atoms with Gasteiger partial charge in [0.05, 0.1) is 0 Å². The van der Waals surface area contributed by atoms with Crippen LogP contribution in [0.15, 0.2) is 36.4 Å². The van der Waals surface area contributed by atoms with Crippen molar-refractivity contribution in [2.24, 2.45) is 0 Å². The summed E-state index contributed by atoms with van der Waals surface area (Å²) in [5.41, 5.74) is 4.50. The van der Waals surface area contributed by atoms with Crippen molar-refractivity contribution in [1.29, 1.82) is 0 Å². The highest BCUT2D eigenvalue weighted by molar-refractivity contribution is 7.88. The molecule has 0 saturated carbocycles. The van der Waals surface area contributed by atoms with Crippen molar-refractivity contribution >= 4 is 18.0 Å². The molecule has 0 aromatic heterocycles. The molecule has 2 aromatic carbocycles. The molecule has 0 aliphatic carbocycles. The van der Waals surface area contributed by atoms with Crippen LogP contribution >= 0.6 is 7.14 Å². The van der Waals surface area contributed by atoms with Crippen LogP contribution in [0.25, 0.3) is 0 Å². The maximum Gasteiger partial charge on any atom is 0.226 e. The molecular formula is C21H27O2P. The zero-order valence-electron chi connectivity index (χ0n) is 15.7. The lowest BCUT2D eigenvalue weighted by Crippen LogP contribution is -2.29. The van der Waals surface area contributed by atoms with E-state index in [0.717, 1.165) is 22.3 Å². The summed E-state index contributed by atoms with van der Waals surface area (Å²) in [5.74, 6) is 0. The fraction of sp³-hybridized carbons (Fsp3) is 0.381. The van der Waals surface area contributed by atoms with Gasteiger partial charge in [-0.25, -0.2) is 0 Å². The maximum atomic E-state index is 14.1. The van der Waals surface area contributed by atoms with Crippen molar-refractivity contribution < 1.29 is 9.36 Å². The zero-order chi connectivity index (χ0) is 18.3. The third-order valence-electron chi connectivity index (χ3n) is 4.92. The van der Waals surface area contributed by atoms with Crippen LogP contribution in [0.3, 0.4) is 0 Å². The molecule has 0 saturated heterocycles. The molecule has 1 unspecified atom stereocenters. The number of hydrogen-bond acceptors (Lipinski definition) is 2. The van der Waals surface area contributed by atoms with E-state index in [1.807, 2.05) is 84.9 Å². The van der Waals surface area contributed by atoms with Gasteiger partial charge in [0.2, 0.25) is 5.52 Å². The van der Waals surface area contributed by atoms with Crippen molar-refractivity contribution in [1.82, 2.24) is 0 Å². The van der Waals surface area contributed by atoms with Crippen LogP contribution in [0.5, 0.6) is 0 Å². The van der Waals surface area contributed by atoms with Crippen molar-refractivity contribution in [3.63, 3.8) is 0 Å². The first kappa shape index (κ1) is 18.7. The van der Waals surface area contributed by atoms with Crippen LogP contribution in [-0.2, 0) is 4.57 Å². The van der Waals surface area contributed by atoms with Crippen LogP contribution in [0.2, 0.25) is 0 Å². The first-order valence-electron chi connectivity index (χ1n) is 8.30. The Morgan fingerprint density at radius 2 is 1.42 bits per heavy atom. The Bertz CT molecular complexity index is 827. The molecule has 2 rings (SSSR count). The SMILES string of the molecule is Cc1cc(C)c(C(=O)P(=O)(c2ccccc2)C(C)(C)C)c(C)c1C. The summed E-state index contributed by atoms with van der Waals surface area (Å²) in [4.78, 5) is 13.6. The molecule has 0 N–H and O–H groups in total. The van der Waals surface area contributed by atoms with E-state index in [2.05, 4.69) is 0 Å². The van der Waals surface area contributed by atoms with Crippen molar-refractivity contribution in [3.8, 4) is 0 Å². The average molecular weight is 342 g/mol. The largest absolute Gasteiger partial charge is 0.310 e. The summed E-state index contributed by atoms with van der Waals surface area (Å²) in [6.07, 6.45) is 0. The Balaban J connectivity index is 2.78. The molecule has 0 aliphatic heterocycles. The summed E-state index contributed by atoms with van der Waals surface area (Å²) in [5, 5.41) is 0.00265. The van der Waals surface area contributed by atoms with Gasteiger partial charge >= 0.3 is 0 Å². The van der Waals surface area contributed by atoms with E-state index >= 15 is 0 Å². The molecule has 2 nitrogen and oxygen atoms in total. The third-order valence-corrected chi connectivity index (χ3v) is 8.63. The molecule has 3 heteroatoms. The van der Waals surface area contributed by atoms with Crippen molar-refractivity contribution in [2.75, 3.05) is 0 Å². The summed E-state index contributed by atoms with van der Waals surface area (Å²) < 4.78 is 14.1. The van der Waals surface area contributed by atoms with Gasteiger partial charge < -0.3 is 4.57 Å². The number of benzene rings is 2. The van der Waals surface area contributed by atoms with Gasteiger partial charge in [0.1, 0.15) is 0 Å². The second-order valence-corrected chi connectivity index (χ2v) is 11.0. The van der Waals surface area contributed by atoms with Crippen LogP contribution in [0, 0.1) is 27.7 Å². The molecule has 0 bridgehead atoms. The molecule has 0 heterocycles. The standard InChI is InChI=1S/C21H27O2P/c1-14-13-15(2)19(17(4)16(14)3)20(22)24(23,21(5,6)7)18-11-9-8-10-12-18/h8-13H,1-7H3. The Morgan fingerprint density at radius 1 is 0.875 bits per heavy atom. The number of carbonyl (C=O) groups is 1. The van der Waals surface area contributed by atoms with E-state index in [9.17, 15) is 9.36 Å². The first-order chi connectivity index (χ1) is 11.0. The quantitative estimate of drug-likeness (QED) is 0.686. The van der Waals surface area contributed by atoms with Gasteiger partial charge in [-0.3, -0.25) is 4.79 Å². The number of aryl methyl sites for hydroxylation is 2. The molecule has 1 atom stereocenters. The molecule has 2 aromatic rings. The molecule has 128 valence electrons. The second-order valence-electron chi connectivity index (χ2n) is 7.56. The van der Waals surface area contributed by atoms with Gasteiger partial charge in [-0.1, -0.05) is 57.2 Å². The zero-order valence-corrected chi connectivity index (χ0v) is 16.6. The van der Waals surface area contributed by atoms with Crippen LogP contribution in [0.1, 0.15) is 53.4 Å². The topological polar surface area (TPSA) is 34.1 Å². The fourth-order valence-electron chi connectivity index (χ4n) is 3.22. The monoisotopic (exact) mass is 342 g/mol. The van der Waals surface area contributed by atoms with Crippen LogP contribution in [0.4, 0.5) is 0 Å². The van der Waals surface area contributed by atoms with Gasteiger partial charge in [-0.05, 0) is 49.9 Å². The van der Waals surface area contributed by atoms with E-state index in [1.165, 1.54) is 0 Å². The third kappa shape index (κ3) is 2.89. The Kier molecular flexibility index (Phi) is 4.93. The smallest absolute Gasteiger partial charge is 0.226 e. The normalized spacial score (nSPS) is 14.3. The van der Waals surface area contributed by atoms with E-state index in [1.54, 1.807) is 0 Å². The molecule has 0 spiro atoms. The minimum Gasteiger partial charge on any atom is -0.310 e. The molecule has 0 radical (unpaired) electrons. The summed E-state index contributed by atoms with van der Waals surface area (Å²) in [6.45, 7) is 13.6. The predicted molar refractivity (Wildman–Crippen MR) is 103 cm³/mol. The Hall–Kier alpha value is -1.66. The lowest BCUT2D eigenvalue weighted by atomic mass is 9.95. The minimum atomic E-state index is -3.30. The molecule has 0 aliphatic rings. The van der Waals surface area contributed by atoms with Gasteiger partial charge in [-0.2, -0.15) is 0 Å². The summed E-state index contributed by atoms with van der Waals surface area (Å²) >= 11 is 0. The van der Waals surface area contributed by atoms with Gasteiger partial charge in [0, 0.05) is 16.0 Å². The number of carbonyl (C=O) groups excluding carboxylic acids is 1. The summed E-state index contributed by atoms with van der Waals surface area (Å²) in [6, 6.07) is 11.2. The predicted octanol–water partition coefficient (Wildman–Crippen LogP) is 5.55. The molecule has 24 heavy (non-hydrogen) atoms. The Morgan fingerprint density at radius 3 is 1.92 bits per heavy atom. The second kappa shape index (κ2) is 6.33. The number of rotatable bonds is 3. The van der Waals surface area contributed by atoms with Gasteiger partial charge in [-0.15, -0.1) is 0 Å². The average Bonchev–Trinajstić information content (AvgIpc) is 2.51. The van der Waals surface area contributed by atoms with E-state index in [4.69, 9.17) is 0 Å². The van der Waals surface area contributed by atoms with Gasteiger partial charge in [0.15, 0.2) is 7.14 Å². The lowest BCUT2D eigenvalue weighted by Gasteiger charge is -2.31. The molecular weight excluding hydrogens is 315 g/mol. The number of hydrogen-bond donors (Lipinski definition) is 0. The van der Waals surface area contributed by atoms with Crippen LogP contribution in [-0.4, -0.2) is 10.7 Å². The summed E-state index contributed by atoms with van der Waals surface area (Å²) in [7, 11) is -3.30. The Labute approximate surface area is 145 Å². The van der Waals surface area contributed by atoms with E-state index < -0.39 is 12.3 Å². The van der Waals surface area contributed by atoms with Crippen LogP contribution < -0.4 is 5.30 Å². The van der Waals surface area contributed by atoms with E-state index in [-0.39, 0.29) is 5.52 Å². The highest BCUT2D eigenvalue weighted by Gasteiger charge is 2.46. The van der Waals surface area contributed by atoms with Crippen molar-refractivity contribution in [3.05, 3.63) is 64.2 Å². The highest BCUT2D eigenvalue weighted by atomic mass is 31.2. The lowest BCUT2D eigenvalue weighted by molar-refractivity contribution is 0.107. The van der Waals surface area contributed by atoms with Crippen molar-refractivity contribution in [2.45, 2.75) is 53.6 Å². The molecule has 0 amide bonds. The first-order valence-corrected chi connectivity index (χ1v) is 10.0. The van der Waals surface area contributed by atoms with E-state index in [0.29, 0.717) is 10.9 Å². The van der Waals surface area contributed by atoms with Gasteiger partial charge in [0.25, 0.3) is 0 Å². The highest BCUT2D eigenvalue weighted by Crippen LogP contribution is 2.59. The minimum absolute atomic E-state index is 0.223.